The minimum Gasteiger partial charge on any atom is -0.319 e. The number of carbonyl (C=O) groups excluding carboxylic acids is 2. The first kappa shape index (κ1) is 7.21. The highest BCUT2D eigenvalue weighted by Gasteiger charge is 2.10. The van der Waals surface area contributed by atoms with Crippen molar-refractivity contribution in [3.63, 3.8) is 0 Å². The molecule has 10 heavy (non-hydrogen) atoms. The number of hydrogen-bond donors (Lipinski definition) is 1. The maximum Gasteiger partial charge on any atom is 0.202 e. The Hall–Kier alpha value is -0.900. The molecule has 0 aromatic carbocycles. The van der Waals surface area contributed by atoms with E-state index in [4.69, 9.17) is 0 Å². The molecule has 0 radical (unpaired) electrons. The summed E-state index contributed by atoms with van der Waals surface area (Å²) >= 11 is 2.85. The number of hydrogen-bond acceptors (Lipinski definition) is 3. The predicted octanol–water partition coefficient (Wildman–Crippen LogP) is 0.478. The second kappa shape index (κ2) is 2.79. The van der Waals surface area contributed by atoms with Gasteiger partial charge in [-0.1, -0.05) is 0 Å². The van der Waals surface area contributed by atoms with Gasteiger partial charge in [0.15, 0.2) is 5.78 Å². The van der Waals surface area contributed by atoms with E-state index in [2.05, 4.69) is 20.5 Å². The van der Waals surface area contributed by atoms with Crippen molar-refractivity contribution >= 4 is 27.7 Å². The van der Waals surface area contributed by atoms with E-state index in [0.717, 1.165) is 0 Å². The molecule has 1 aliphatic carbocycles. The number of ketones is 2. The molecule has 0 fully saturated rings. The van der Waals surface area contributed by atoms with Gasteiger partial charge in [-0.25, -0.2) is 0 Å². The highest BCUT2D eigenvalue weighted by Crippen LogP contribution is 2.02. The zero-order chi connectivity index (χ0) is 7.56. The molecule has 0 spiro atoms. The van der Waals surface area contributed by atoms with E-state index in [1.54, 1.807) is 0 Å². The van der Waals surface area contributed by atoms with Crippen LogP contribution in [0.3, 0.4) is 0 Å². The number of halogens is 1. The Morgan fingerprint density at radius 2 is 2.00 bits per heavy atom. The van der Waals surface area contributed by atoms with Crippen LogP contribution >= 0.6 is 16.1 Å². The Balaban J connectivity index is 2.89. The van der Waals surface area contributed by atoms with Gasteiger partial charge in [0, 0.05) is 22.2 Å². The molecule has 0 saturated carbocycles. The smallest absolute Gasteiger partial charge is 0.202 e. The first-order valence-corrected chi connectivity index (χ1v) is 3.38. The van der Waals surface area contributed by atoms with Crippen LogP contribution in [-0.2, 0) is 9.59 Å². The van der Waals surface area contributed by atoms with Gasteiger partial charge >= 0.3 is 0 Å². The van der Waals surface area contributed by atoms with Crippen LogP contribution in [0.25, 0.3) is 0 Å². The molecular formula is C6H4BrNO2. The Morgan fingerprint density at radius 3 is 2.50 bits per heavy atom. The lowest BCUT2D eigenvalue weighted by Crippen LogP contribution is -2.14. The molecule has 0 aromatic heterocycles. The largest absolute Gasteiger partial charge is 0.319 e. The van der Waals surface area contributed by atoms with Gasteiger partial charge in [0.25, 0.3) is 0 Å². The molecule has 0 unspecified atom stereocenters. The predicted molar refractivity (Wildman–Crippen MR) is 39.3 cm³/mol. The van der Waals surface area contributed by atoms with Crippen LogP contribution in [0.4, 0.5) is 0 Å². The van der Waals surface area contributed by atoms with Gasteiger partial charge in [0.2, 0.25) is 5.78 Å². The lowest BCUT2D eigenvalue weighted by molar-refractivity contribution is -0.114. The van der Waals surface area contributed by atoms with Gasteiger partial charge < -0.3 is 4.34 Å². The molecule has 0 aliphatic heterocycles. The van der Waals surface area contributed by atoms with Crippen molar-refractivity contribution in [3.05, 3.63) is 23.9 Å². The minimum absolute atomic E-state index is 0.179. The highest BCUT2D eigenvalue weighted by molar-refractivity contribution is 9.08. The maximum absolute atomic E-state index is 10.8. The molecule has 1 aliphatic rings. The van der Waals surface area contributed by atoms with Gasteiger partial charge in [-0.05, 0) is 12.2 Å². The van der Waals surface area contributed by atoms with Crippen LogP contribution in [0.5, 0.6) is 0 Å². The third kappa shape index (κ3) is 1.33. The van der Waals surface area contributed by atoms with E-state index < -0.39 is 0 Å². The second-order valence-electron chi connectivity index (χ2n) is 1.75. The molecule has 0 aromatic rings. The normalized spacial score (nSPS) is 17.1. The van der Waals surface area contributed by atoms with Crippen LogP contribution < -0.4 is 4.34 Å². The van der Waals surface area contributed by atoms with Crippen molar-refractivity contribution in [2.24, 2.45) is 0 Å². The molecule has 3 nitrogen and oxygen atoms in total. The van der Waals surface area contributed by atoms with Crippen molar-refractivity contribution in [2.45, 2.75) is 0 Å². The fourth-order valence-electron chi connectivity index (χ4n) is 0.583. The van der Waals surface area contributed by atoms with Gasteiger partial charge in [0.05, 0.1) is 5.70 Å². The third-order valence-corrected chi connectivity index (χ3v) is 1.48. The van der Waals surface area contributed by atoms with Crippen molar-refractivity contribution in [1.29, 1.82) is 0 Å². The Morgan fingerprint density at radius 1 is 1.30 bits per heavy atom. The molecule has 4 heteroatoms. The van der Waals surface area contributed by atoms with Crippen molar-refractivity contribution in [1.82, 2.24) is 4.34 Å². The Labute approximate surface area is 66.1 Å². The van der Waals surface area contributed by atoms with Crippen LogP contribution in [0, 0.1) is 0 Å². The summed E-state index contributed by atoms with van der Waals surface area (Å²) < 4.78 is 2.44. The highest BCUT2D eigenvalue weighted by atomic mass is 79.9. The second-order valence-corrected chi connectivity index (χ2v) is 2.15. The zero-order valence-corrected chi connectivity index (χ0v) is 6.51. The third-order valence-electron chi connectivity index (χ3n) is 1.05. The fourth-order valence-corrected chi connectivity index (χ4v) is 0.893. The molecule has 0 heterocycles. The molecule has 1 N–H and O–H groups in total. The molecule has 0 atom stereocenters. The topological polar surface area (TPSA) is 46.2 Å². The van der Waals surface area contributed by atoms with Crippen molar-refractivity contribution in [2.75, 3.05) is 0 Å². The molecule has 1 rings (SSSR count). The average molecular weight is 202 g/mol. The van der Waals surface area contributed by atoms with Gasteiger partial charge in [0.1, 0.15) is 0 Å². The lowest BCUT2D eigenvalue weighted by atomic mass is 10.1. The van der Waals surface area contributed by atoms with E-state index in [0.29, 0.717) is 0 Å². The van der Waals surface area contributed by atoms with Crippen molar-refractivity contribution < 1.29 is 9.59 Å². The summed E-state index contributed by atoms with van der Waals surface area (Å²) in [6, 6.07) is 0. The van der Waals surface area contributed by atoms with E-state index in [-0.39, 0.29) is 17.3 Å². The fraction of sp³-hybridized carbons (Fsp3) is 0. The summed E-state index contributed by atoms with van der Waals surface area (Å²) in [7, 11) is 0. The van der Waals surface area contributed by atoms with Crippen molar-refractivity contribution in [3.8, 4) is 0 Å². The first-order chi connectivity index (χ1) is 4.74. The number of rotatable bonds is 1. The number of carbonyl (C=O) groups is 2. The minimum atomic E-state index is -0.198. The number of nitrogens with one attached hydrogen (secondary N) is 1. The molecular weight excluding hydrogens is 198 g/mol. The van der Waals surface area contributed by atoms with E-state index in [1.165, 1.54) is 18.2 Å². The maximum atomic E-state index is 10.8. The molecule has 52 valence electrons. The van der Waals surface area contributed by atoms with Crippen LogP contribution in [0.15, 0.2) is 23.9 Å². The standard InChI is InChI=1S/C6H4BrNO2/c7-8-5-3-4(9)1-2-6(5)10/h1-3,8H. The Kier molecular flexibility index (Phi) is 2.01. The van der Waals surface area contributed by atoms with Crippen LogP contribution in [-0.4, -0.2) is 11.6 Å². The van der Waals surface area contributed by atoms with Crippen LogP contribution in [0.2, 0.25) is 0 Å². The Bertz CT molecular complexity index is 242. The summed E-state index contributed by atoms with van der Waals surface area (Å²) in [6.45, 7) is 0. The molecule has 0 bridgehead atoms. The SMILES string of the molecule is O=C1C=CC(=O)C(NBr)=C1. The summed E-state index contributed by atoms with van der Waals surface area (Å²) in [6.07, 6.45) is 3.69. The van der Waals surface area contributed by atoms with E-state index >= 15 is 0 Å². The van der Waals surface area contributed by atoms with E-state index in [1.807, 2.05) is 0 Å². The van der Waals surface area contributed by atoms with E-state index in [9.17, 15) is 9.59 Å². The van der Waals surface area contributed by atoms with Gasteiger partial charge in [-0.3, -0.25) is 9.59 Å². The molecule has 0 amide bonds. The monoisotopic (exact) mass is 201 g/mol. The number of allylic oxidation sites excluding steroid dienone is 3. The summed E-state index contributed by atoms with van der Waals surface area (Å²) in [5.41, 5.74) is 0.271. The summed E-state index contributed by atoms with van der Waals surface area (Å²) in [4.78, 5) is 21.4. The summed E-state index contributed by atoms with van der Waals surface area (Å²) in [5, 5.41) is 0. The molecule has 0 saturated heterocycles. The first-order valence-electron chi connectivity index (χ1n) is 2.59. The van der Waals surface area contributed by atoms with Crippen LogP contribution in [0.1, 0.15) is 0 Å². The lowest BCUT2D eigenvalue weighted by Gasteiger charge is -2.01. The summed E-state index contributed by atoms with van der Waals surface area (Å²) in [5.74, 6) is -0.377. The van der Waals surface area contributed by atoms with Gasteiger partial charge in [-0.15, -0.1) is 0 Å². The zero-order valence-electron chi connectivity index (χ0n) is 4.93. The average Bonchev–Trinajstić information content (AvgIpc) is 1.94. The quantitative estimate of drug-likeness (QED) is 0.496. The van der Waals surface area contributed by atoms with Gasteiger partial charge in [-0.2, -0.15) is 0 Å².